The molecule has 0 aliphatic heterocycles. The average Bonchev–Trinajstić information content (AvgIpc) is 3.28. The molecule has 0 unspecified atom stereocenters. The Kier molecular flexibility index (Phi) is 8.28. The lowest BCUT2D eigenvalue weighted by Gasteiger charge is -2.17. The molecular weight excluding hydrogens is 436 g/mol. The Hall–Kier alpha value is -3.39. The highest BCUT2D eigenvalue weighted by Gasteiger charge is 2.20. The van der Waals surface area contributed by atoms with Crippen LogP contribution in [0.1, 0.15) is 57.3 Å². The molecule has 8 heteroatoms. The summed E-state index contributed by atoms with van der Waals surface area (Å²) in [5, 5.41) is 3.91. The van der Waals surface area contributed by atoms with E-state index in [-0.39, 0.29) is 24.9 Å². The number of benzene rings is 1. The molecule has 34 heavy (non-hydrogen) atoms. The average molecular weight is 469 g/mol. The Bertz CT molecular complexity index is 1120. The van der Waals surface area contributed by atoms with Crippen LogP contribution in [0.3, 0.4) is 0 Å². The Morgan fingerprint density at radius 1 is 1.12 bits per heavy atom. The first-order valence-electron chi connectivity index (χ1n) is 11.2. The smallest absolute Gasteiger partial charge is 0.310 e. The number of carbonyl (C=O) groups is 2. The lowest BCUT2D eigenvalue weighted by atomic mass is 10.1. The van der Waals surface area contributed by atoms with E-state index in [0.717, 1.165) is 34.0 Å². The van der Waals surface area contributed by atoms with Crippen molar-refractivity contribution in [2.45, 2.75) is 53.7 Å². The van der Waals surface area contributed by atoms with Crippen LogP contribution < -0.4 is 4.74 Å². The molecule has 1 aromatic carbocycles. The maximum Gasteiger partial charge on any atom is 0.310 e. The number of hydrogen-bond donors (Lipinski definition) is 0. The van der Waals surface area contributed by atoms with Crippen molar-refractivity contribution in [3.8, 4) is 5.75 Å². The fraction of sp³-hybridized carbons (Fsp3) is 0.423. The van der Waals surface area contributed by atoms with Crippen molar-refractivity contribution in [1.29, 1.82) is 0 Å². The van der Waals surface area contributed by atoms with Crippen LogP contribution in [0.25, 0.3) is 0 Å². The molecule has 0 aliphatic carbocycles. The highest BCUT2D eigenvalue weighted by Crippen LogP contribution is 2.22. The maximum atomic E-state index is 12.7. The topological polar surface area (TPSA) is 92.8 Å². The number of ether oxygens (including phenoxy) is 3. The number of esters is 1. The minimum Gasteiger partial charge on any atom is -0.489 e. The molecule has 0 spiro atoms. The second kappa shape index (κ2) is 11.2. The molecule has 1 atom stereocenters. The Morgan fingerprint density at radius 3 is 2.44 bits per heavy atom. The van der Waals surface area contributed by atoms with Crippen LogP contribution >= 0.6 is 0 Å². The summed E-state index contributed by atoms with van der Waals surface area (Å²) in [5.74, 6) is 0.725. The van der Waals surface area contributed by atoms with Gasteiger partial charge in [0.1, 0.15) is 18.1 Å². The standard InChI is InChI=1S/C26H32N2O6/c1-16-11-23(19(4)28(16)17(2)13-31-6)25(29)15-33-26(30)12-21-7-9-22(10-8-21)32-14-24-18(3)27-34-20(24)5/h7-11,17H,12-15H2,1-6H3/t17-/m1/s1. The van der Waals surface area contributed by atoms with Crippen LogP contribution in [0, 0.1) is 27.7 Å². The SMILES string of the molecule is COC[C@@H](C)n1c(C)cc(C(=O)COC(=O)Cc2ccc(OCc3c(C)noc3C)cc2)c1C. The zero-order valence-corrected chi connectivity index (χ0v) is 20.6. The van der Waals surface area contributed by atoms with Gasteiger partial charge in [0.2, 0.25) is 5.78 Å². The van der Waals surface area contributed by atoms with Gasteiger partial charge in [0.15, 0.2) is 6.61 Å². The number of nitrogens with zero attached hydrogens (tertiary/aromatic N) is 2. The van der Waals surface area contributed by atoms with Gasteiger partial charge in [-0.3, -0.25) is 9.59 Å². The molecule has 8 nitrogen and oxygen atoms in total. The normalized spacial score (nSPS) is 11.9. The number of rotatable bonds is 11. The third kappa shape index (κ3) is 5.94. The molecule has 0 aliphatic rings. The van der Waals surface area contributed by atoms with E-state index in [1.165, 1.54) is 0 Å². The summed E-state index contributed by atoms with van der Waals surface area (Å²) < 4.78 is 23.5. The van der Waals surface area contributed by atoms with E-state index in [2.05, 4.69) is 9.72 Å². The van der Waals surface area contributed by atoms with Crippen LogP contribution in [0.15, 0.2) is 34.9 Å². The first-order chi connectivity index (χ1) is 16.2. The molecule has 0 bridgehead atoms. The number of aromatic nitrogens is 2. The van der Waals surface area contributed by atoms with Crippen LogP contribution in [-0.2, 0) is 27.3 Å². The maximum absolute atomic E-state index is 12.7. The van der Waals surface area contributed by atoms with Crippen LogP contribution in [0.5, 0.6) is 5.75 Å². The number of methoxy groups -OCH3 is 1. The summed E-state index contributed by atoms with van der Waals surface area (Å²) in [4.78, 5) is 25.0. The molecule has 3 rings (SSSR count). The summed E-state index contributed by atoms with van der Waals surface area (Å²) >= 11 is 0. The summed E-state index contributed by atoms with van der Waals surface area (Å²) in [6.07, 6.45) is 0.0708. The van der Waals surface area contributed by atoms with E-state index in [0.29, 0.717) is 24.5 Å². The summed E-state index contributed by atoms with van der Waals surface area (Å²) in [7, 11) is 1.65. The van der Waals surface area contributed by atoms with Crippen LogP contribution in [0.4, 0.5) is 0 Å². The number of ketones is 1. The summed E-state index contributed by atoms with van der Waals surface area (Å²) in [6, 6.07) is 9.13. The van der Waals surface area contributed by atoms with Crippen molar-refractivity contribution in [2.24, 2.45) is 0 Å². The van der Waals surface area contributed by atoms with Gasteiger partial charge in [-0.05, 0) is 58.4 Å². The molecule has 2 heterocycles. The third-order valence-electron chi connectivity index (χ3n) is 5.83. The largest absolute Gasteiger partial charge is 0.489 e. The minimum atomic E-state index is -0.459. The van der Waals surface area contributed by atoms with Gasteiger partial charge in [0, 0.05) is 24.1 Å². The first-order valence-corrected chi connectivity index (χ1v) is 11.2. The number of carbonyl (C=O) groups excluding carboxylic acids is 2. The van der Waals surface area contributed by atoms with E-state index in [1.807, 2.05) is 40.7 Å². The lowest BCUT2D eigenvalue weighted by Crippen LogP contribution is -2.17. The minimum absolute atomic E-state index is 0.0708. The predicted octanol–water partition coefficient (Wildman–Crippen LogP) is 4.46. The number of aryl methyl sites for hydroxylation is 3. The number of Topliss-reactive ketones (excluding diaryl/α,β-unsaturated/α-hetero) is 1. The van der Waals surface area contributed by atoms with Crippen LogP contribution in [0.2, 0.25) is 0 Å². The van der Waals surface area contributed by atoms with Gasteiger partial charge < -0.3 is 23.3 Å². The van der Waals surface area contributed by atoms with Crippen molar-refractivity contribution in [3.63, 3.8) is 0 Å². The van der Waals surface area contributed by atoms with E-state index >= 15 is 0 Å². The van der Waals surface area contributed by atoms with Gasteiger partial charge >= 0.3 is 5.97 Å². The molecule has 2 aromatic heterocycles. The summed E-state index contributed by atoms with van der Waals surface area (Å²) in [5.41, 5.74) is 4.87. The molecule has 0 saturated carbocycles. The molecule has 3 aromatic rings. The monoisotopic (exact) mass is 468 g/mol. The fourth-order valence-electron chi connectivity index (χ4n) is 4.06. The van der Waals surface area contributed by atoms with Gasteiger partial charge in [-0.25, -0.2) is 0 Å². The molecule has 0 N–H and O–H groups in total. The second-order valence-electron chi connectivity index (χ2n) is 8.46. The molecular formula is C26H32N2O6. The summed E-state index contributed by atoms with van der Waals surface area (Å²) in [6.45, 7) is 10.2. The molecule has 0 radical (unpaired) electrons. The van der Waals surface area contributed by atoms with Gasteiger partial charge in [0.05, 0.1) is 30.3 Å². The van der Waals surface area contributed by atoms with E-state index < -0.39 is 5.97 Å². The van der Waals surface area contributed by atoms with Crippen LogP contribution in [-0.4, -0.2) is 41.8 Å². The van der Waals surface area contributed by atoms with Crippen molar-refractivity contribution in [3.05, 3.63) is 69.9 Å². The quantitative estimate of drug-likeness (QED) is 0.303. The molecule has 0 amide bonds. The van der Waals surface area contributed by atoms with Gasteiger partial charge in [-0.1, -0.05) is 17.3 Å². The van der Waals surface area contributed by atoms with E-state index in [9.17, 15) is 9.59 Å². The van der Waals surface area contributed by atoms with Gasteiger partial charge in [-0.15, -0.1) is 0 Å². The number of hydrogen-bond acceptors (Lipinski definition) is 7. The molecule has 0 fully saturated rings. The highest BCUT2D eigenvalue weighted by atomic mass is 16.5. The predicted molar refractivity (Wildman–Crippen MR) is 126 cm³/mol. The molecule has 0 saturated heterocycles. The third-order valence-corrected chi connectivity index (χ3v) is 5.83. The second-order valence-corrected chi connectivity index (χ2v) is 8.46. The first kappa shape index (κ1) is 25.2. The van der Waals surface area contributed by atoms with Crippen molar-refractivity contribution in [1.82, 2.24) is 9.72 Å². The van der Waals surface area contributed by atoms with E-state index in [1.54, 1.807) is 31.4 Å². The van der Waals surface area contributed by atoms with Gasteiger partial charge in [-0.2, -0.15) is 0 Å². The zero-order chi connectivity index (χ0) is 24.8. The highest BCUT2D eigenvalue weighted by molar-refractivity contribution is 5.99. The van der Waals surface area contributed by atoms with E-state index in [4.69, 9.17) is 18.7 Å². The Morgan fingerprint density at radius 2 is 1.82 bits per heavy atom. The van der Waals surface area contributed by atoms with Crippen molar-refractivity contribution < 1.29 is 28.3 Å². The van der Waals surface area contributed by atoms with Gasteiger partial charge in [0.25, 0.3) is 0 Å². The van der Waals surface area contributed by atoms with Crippen molar-refractivity contribution in [2.75, 3.05) is 20.3 Å². The zero-order valence-electron chi connectivity index (χ0n) is 20.6. The Labute approximate surface area is 199 Å². The fourth-order valence-corrected chi connectivity index (χ4v) is 4.06. The van der Waals surface area contributed by atoms with Crippen molar-refractivity contribution >= 4 is 11.8 Å². The lowest BCUT2D eigenvalue weighted by molar-refractivity contribution is -0.141. The molecule has 182 valence electrons. The Balaban J connectivity index is 1.51.